The summed E-state index contributed by atoms with van der Waals surface area (Å²) in [7, 11) is 4.10. The SMILES string of the molecule is CN(C)C1=Nc2ccccc2CC1. The maximum Gasteiger partial charge on any atom is 0.105 e. The van der Waals surface area contributed by atoms with Crippen LogP contribution in [0.2, 0.25) is 0 Å². The van der Waals surface area contributed by atoms with Crippen LogP contribution in [0.5, 0.6) is 0 Å². The summed E-state index contributed by atoms with van der Waals surface area (Å²) >= 11 is 0. The first kappa shape index (κ1) is 8.30. The van der Waals surface area contributed by atoms with Crippen molar-refractivity contribution >= 4 is 11.5 Å². The molecule has 0 fully saturated rings. The predicted octanol–water partition coefficient (Wildman–Crippen LogP) is 2.22. The number of para-hydroxylation sites is 1. The van der Waals surface area contributed by atoms with Crippen LogP contribution < -0.4 is 0 Å². The molecule has 2 nitrogen and oxygen atoms in total. The van der Waals surface area contributed by atoms with E-state index in [4.69, 9.17) is 0 Å². The van der Waals surface area contributed by atoms with Crippen molar-refractivity contribution in [3.8, 4) is 0 Å². The number of benzene rings is 1. The molecule has 68 valence electrons. The highest BCUT2D eigenvalue weighted by molar-refractivity contribution is 5.86. The minimum Gasteiger partial charge on any atom is -0.366 e. The zero-order valence-electron chi connectivity index (χ0n) is 8.12. The lowest BCUT2D eigenvalue weighted by molar-refractivity contribution is 0.599. The third-order valence-electron chi connectivity index (χ3n) is 2.38. The molecule has 0 bridgehead atoms. The first-order chi connectivity index (χ1) is 6.27. The summed E-state index contributed by atoms with van der Waals surface area (Å²) in [6.07, 6.45) is 2.18. The van der Waals surface area contributed by atoms with Crippen LogP contribution in [0.1, 0.15) is 12.0 Å². The molecule has 0 saturated heterocycles. The molecule has 0 N–H and O–H groups in total. The molecule has 1 aliphatic heterocycles. The van der Waals surface area contributed by atoms with Crippen LogP contribution in [0.4, 0.5) is 5.69 Å². The molecule has 1 heterocycles. The van der Waals surface area contributed by atoms with Crippen LogP contribution in [0.15, 0.2) is 29.3 Å². The Morgan fingerprint density at radius 1 is 1.15 bits per heavy atom. The Morgan fingerprint density at radius 3 is 2.69 bits per heavy atom. The second-order valence-corrected chi connectivity index (χ2v) is 3.55. The lowest BCUT2D eigenvalue weighted by Gasteiger charge is -2.20. The van der Waals surface area contributed by atoms with Crippen LogP contribution in [0.25, 0.3) is 0 Å². The highest BCUT2D eigenvalue weighted by Crippen LogP contribution is 2.25. The Morgan fingerprint density at radius 2 is 1.92 bits per heavy atom. The van der Waals surface area contributed by atoms with Gasteiger partial charge in [-0.3, -0.25) is 0 Å². The summed E-state index contributed by atoms with van der Waals surface area (Å²) in [5, 5.41) is 0. The van der Waals surface area contributed by atoms with E-state index in [1.54, 1.807) is 0 Å². The van der Waals surface area contributed by atoms with E-state index in [9.17, 15) is 0 Å². The third kappa shape index (κ3) is 1.57. The Balaban J connectivity index is 2.38. The maximum absolute atomic E-state index is 4.59. The van der Waals surface area contributed by atoms with Gasteiger partial charge in [0, 0.05) is 20.5 Å². The molecule has 0 saturated carbocycles. The van der Waals surface area contributed by atoms with Gasteiger partial charge in [0.05, 0.1) is 5.69 Å². The predicted molar refractivity (Wildman–Crippen MR) is 55.5 cm³/mol. The molecule has 1 aromatic carbocycles. The van der Waals surface area contributed by atoms with Gasteiger partial charge < -0.3 is 4.90 Å². The molecule has 0 aliphatic carbocycles. The van der Waals surface area contributed by atoms with Crippen molar-refractivity contribution in [2.75, 3.05) is 14.1 Å². The lowest BCUT2D eigenvalue weighted by atomic mass is 10.0. The fourth-order valence-corrected chi connectivity index (χ4v) is 1.60. The van der Waals surface area contributed by atoms with Crippen LogP contribution >= 0.6 is 0 Å². The Kier molecular flexibility index (Phi) is 2.05. The molecule has 2 heteroatoms. The molecule has 0 spiro atoms. The molecular formula is C11H14N2. The summed E-state index contributed by atoms with van der Waals surface area (Å²) in [6.45, 7) is 0. The Hall–Kier alpha value is -1.31. The van der Waals surface area contributed by atoms with E-state index in [1.807, 2.05) is 20.2 Å². The van der Waals surface area contributed by atoms with Gasteiger partial charge in [0.15, 0.2) is 0 Å². The van der Waals surface area contributed by atoms with Crippen LogP contribution in [-0.2, 0) is 6.42 Å². The molecule has 2 rings (SSSR count). The highest BCUT2D eigenvalue weighted by Gasteiger charge is 2.11. The van der Waals surface area contributed by atoms with E-state index in [0.29, 0.717) is 0 Å². The van der Waals surface area contributed by atoms with E-state index in [2.05, 4.69) is 28.1 Å². The summed E-state index contributed by atoms with van der Waals surface area (Å²) < 4.78 is 0. The van der Waals surface area contributed by atoms with Gasteiger partial charge in [0.1, 0.15) is 5.84 Å². The topological polar surface area (TPSA) is 15.6 Å². The molecule has 0 amide bonds. The smallest absolute Gasteiger partial charge is 0.105 e. The summed E-state index contributed by atoms with van der Waals surface area (Å²) in [6, 6.07) is 8.36. The molecule has 13 heavy (non-hydrogen) atoms. The average Bonchev–Trinajstić information content (AvgIpc) is 2.17. The Bertz CT molecular complexity index is 340. The monoisotopic (exact) mass is 174 g/mol. The maximum atomic E-state index is 4.59. The minimum absolute atomic E-state index is 1.06. The van der Waals surface area contributed by atoms with E-state index < -0.39 is 0 Å². The van der Waals surface area contributed by atoms with Crippen LogP contribution in [0, 0.1) is 0 Å². The number of aliphatic imine (C=N–C) groups is 1. The number of amidine groups is 1. The van der Waals surface area contributed by atoms with Crippen molar-refractivity contribution in [2.45, 2.75) is 12.8 Å². The van der Waals surface area contributed by atoms with Gasteiger partial charge in [-0.15, -0.1) is 0 Å². The van der Waals surface area contributed by atoms with Gasteiger partial charge in [-0.1, -0.05) is 18.2 Å². The summed E-state index contributed by atoms with van der Waals surface area (Å²) in [4.78, 5) is 6.68. The van der Waals surface area contributed by atoms with Gasteiger partial charge in [-0.25, -0.2) is 4.99 Å². The first-order valence-corrected chi connectivity index (χ1v) is 4.60. The van der Waals surface area contributed by atoms with Crippen LogP contribution in [0.3, 0.4) is 0 Å². The zero-order valence-corrected chi connectivity index (χ0v) is 8.12. The molecule has 0 radical (unpaired) electrons. The van der Waals surface area contributed by atoms with E-state index in [0.717, 1.165) is 18.5 Å². The molecule has 1 aliphatic rings. The minimum atomic E-state index is 1.06. The molecule has 1 aromatic rings. The van der Waals surface area contributed by atoms with E-state index in [-0.39, 0.29) is 0 Å². The van der Waals surface area contributed by atoms with Gasteiger partial charge in [0.2, 0.25) is 0 Å². The number of nitrogens with zero attached hydrogens (tertiary/aromatic N) is 2. The fraction of sp³-hybridized carbons (Fsp3) is 0.364. The van der Waals surface area contributed by atoms with Crippen molar-refractivity contribution in [1.82, 2.24) is 4.90 Å². The second-order valence-electron chi connectivity index (χ2n) is 3.55. The molecule has 0 unspecified atom stereocenters. The summed E-state index contributed by atoms with van der Waals surface area (Å²) in [5.74, 6) is 1.18. The van der Waals surface area contributed by atoms with Crippen molar-refractivity contribution in [3.05, 3.63) is 29.8 Å². The average molecular weight is 174 g/mol. The number of rotatable bonds is 0. The van der Waals surface area contributed by atoms with Crippen LogP contribution in [-0.4, -0.2) is 24.8 Å². The number of fused-ring (bicyclic) bond motifs is 1. The highest BCUT2D eigenvalue weighted by atomic mass is 15.1. The summed E-state index contributed by atoms with van der Waals surface area (Å²) in [5.41, 5.74) is 2.51. The third-order valence-corrected chi connectivity index (χ3v) is 2.38. The van der Waals surface area contributed by atoms with Gasteiger partial charge in [-0.05, 0) is 18.1 Å². The molecule has 0 aromatic heterocycles. The fourth-order valence-electron chi connectivity index (χ4n) is 1.60. The second kappa shape index (κ2) is 3.21. The van der Waals surface area contributed by atoms with E-state index in [1.165, 1.54) is 11.4 Å². The normalized spacial score (nSPS) is 14.8. The lowest BCUT2D eigenvalue weighted by Crippen LogP contribution is -2.23. The van der Waals surface area contributed by atoms with Crippen molar-refractivity contribution in [2.24, 2.45) is 4.99 Å². The largest absolute Gasteiger partial charge is 0.366 e. The quantitative estimate of drug-likeness (QED) is 0.589. The van der Waals surface area contributed by atoms with Gasteiger partial charge >= 0.3 is 0 Å². The first-order valence-electron chi connectivity index (χ1n) is 4.60. The van der Waals surface area contributed by atoms with Gasteiger partial charge in [-0.2, -0.15) is 0 Å². The molecular weight excluding hydrogens is 160 g/mol. The van der Waals surface area contributed by atoms with E-state index >= 15 is 0 Å². The van der Waals surface area contributed by atoms with Crippen molar-refractivity contribution in [1.29, 1.82) is 0 Å². The number of hydrogen-bond donors (Lipinski definition) is 0. The van der Waals surface area contributed by atoms with Gasteiger partial charge in [0.25, 0.3) is 0 Å². The zero-order chi connectivity index (χ0) is 9.26. The Labute approximate surface area is 78.9 Å². The standard InChI is InChI=1S/C11H14N2/c1-13(2)11-8-7-9-5-3-4-6-10(9)12-11/h3-6H,7-8H2,1-2H3. The molecule has 0 atom stereocenters. The van der Waals surface area contributed by atoms with Crippen molar-refractivity contribution < 1.29 is 0 Å². The number of aryl methyl sites for hydroxylation is 1. The van der Waals surface area contributed by atoms with Crippen molar-refractivity contribution in [3.63, 3.8) is 0 Å². The number of hydrogen-bond acceptors (Lipinski definition) is 2.